The Hall–Kier alpha value is -6.88. The van der Waals surface area contributed by atoms with Gasteiger partial charge in [-0.2, -0.15) is 4.98 Å². The third-order valence-electron chi connectivity index (χ3n) is 16.5. The van der Waals surface area contributed by atoms with Crippen molar-refractivity contribution in [1.82, 2.24) is 59.5 Å². The maximum Gasteiger partial charge on any atom is 0.278 e. The van der Waals surface area contributed by atoms with Gasteiger partial charge in [-0.3, -0.25) is 29.0 Å². The fourth-order valence-electron chi connectivity index (χ4n) is 12.0. The highest BCUT2D eigenvalue weighted by Crippen LogP contribution is 2.31. The molecule has 81 heavy (non-hydrogen) atoms. The summed E-state index contributed by atoms with van der Waals surface area (Å²) in [6.45, 7) is 23.2. The van der Waals surface area contributed by atoms with E-state index in [1.807, 2.05) is 69.6 Å². The first-order valence-corrected chi connectivity index (χ1v) is 29.4. The number of nitrogens with zero attached hydrogens (tertiary/aromatic N) is 11. The number of aliphatic hydroxyl groups is 2. The number of aromatic nitrogens is 6. The number of allylic oxidation sites excluding steroid dienone is 1. The summed E-state index contributed by atoms with van der Waals surface area (Å²) < 4.78 is 3.16. The van der Waals surface area contributed by atoms with Gasteiger partial charge in [0, 0.05) is 88.4 Å². The normalized spacial score (nSPS) is 19.7. The molecule has 0 spiro atoms. The number of anilines is 3. The van der Waals surface area contributed by atoms with E-state index < -0.39 is 29.2 Å². The lowest BCUT2D eigenvalue weighted by molar-refractivity contribution is -0.144. The highest BCUT2D eigenvalue weighted by atomic mass is 32.1. The monoisotopic (exact) mass is 1120 g/mol. The molecule has 430 valence electrons. The number of aryl methyl sites for hydroxylation is 1. The average molecular weight is 1120 g/mol. The SMILES string of the molecule is C=CCn1c(=O)c2cnc(Nc3ccc(N4CCN(C5CCN(C6CCN(CC(=O)N[C@H](C(=O)N7C[C@H](O)C[C@H]7C(=O)NCc7ccc(-c8scnc8C)cc7)C(C)(C)C)CC6)CC5)CC4)cc3)nc2n1-c1cccc(C(C)(C)O)n1. The number of likely N-dealkylation sites (tertiary alicyclic amines) is 3. The zero-order chi connectivity index (χ0) is 57.2. The van der Waals surface area contributed by atoms with Crippen molar-refractivity contribution in [3.05, 3.63) is 118 Å². The standard InChI is InChI=1S/C60H78N14O6S/c1-8-24-73-56(78)47-35-62-58(67-54(47)74(73)50-11-9-10-49(65-50)60(6,7)80)64-42-16-18-43(19-17-42)70-29-31-71(32-30-70)45-22-27-69(28-23-45)44-20-25-68(26-21-44)37-51(76)66-53(59(3,4)5)57(79)72-36-46(75)33-48(72)55(77)61-34-40-12-14-41(15-13-40)52-39(2)63-38-81-52/h8-19,35,38,44-46,48,53,75,80H,1,20-34,36-37H2,2-7H3,(H,61,77)(H,66,76)(H,62,64,67)/t46-,48+,53-/m1/s1. The number of piperazine rings is 1. The summed E-state index contributed by atoms with van der Waals surface area (Å²) in [5.41, 5.74) is 5.52. The van der Waals surface area contributed by atoms with Crippen LogP contribution in [0.5, 0.6) is 0 Å². The molecule has 4 saturated heterocycles. The van der Waals surface area contributed by atoms with Crippen molar-refractivity contribution < 1.29 is 24.6 Å². The van der Waals surface area contributed by atoms with E-state index in [9.17, 15) is 29.4 Å². The van der Waals surface area contributed by atoms with Gasteiger partial charge in [0.2, 0.25) is 23.7 Å². The number of hydrogen-bond acceptors (Lipinski definition) is 16. The summed E-state index contributed by atoms with van der Waals surface area (Å²) in [4.78, 5) is 85.9. The highest BCUT2D eigenvalue weighted by molar-refractivity contribution is 7.13. The van der Waals surface area contributed by atoms with Crippen molar-refractivity contribution in [2.45, 2.75) is 123 Å². The molecule has 4 aromatic heterocycles. The van der Waals surface area contributed by atoms with Crippen LogP contribution in [0.2, 0.25) is 0 Å². The number of benzene rings is 2. The predicted octanol–water partition coefficient (Wildman–Crippen LogP) is 5.43. The summed E-state index contributed by atoms with van der Waals surface area (Å²) in [5, 5.41) is 31.1. The molecule has 5 N–H and O–H groups in total. The van der Waals surface area contributed by atoms with E-state index in [0.29, 0.717) is 40.6 Å². The van der Waals surface area contributed by atoms with Crippen LogP contribution >= 0.6 is 11.3 Å². The molecule has 21 heteroatoms. The Morgan fingerprint density at radius 2 is 1.53 bits per heavy atom. The minimum Gasteiger partial charge on any atom is -0.391 e. The van der Waals surface area contributed by atoms with Crippen molar-refractivity contribution in [3.8, 4) is 16.3 Å². The Labute approximate surface area is 477 Å². The van der Waals surface area contributed by atoms with E-state index in [1.165, 1.54) is 15.8 Å². The maximum atomic E-state index is 14.3. The first-order chi connectivity index (χ1) is 38.8. The fraction of sp³-hybridized carbons (Fsp3) is 0.500. The van der Waals surface area contributed by atoms with Gasteiger partial charge in [0.05, 0.1) is 41.0 Å². The molecule has 0 saturated carbocycles. The van der Waals surface area contributed by atoms with E-state index >= 15 is 0 Å². The molecule has 2 aromatic carbocycles. The van der Waals surface area contributed by atoms with Crippen LogP contribution in [0.15, 0.2) is 95.9 Å². The minimum absolute atomic E-state index is 0.0286. The van der Waals surface area contributed by atoms with Crippen molar-refractivity contribution in [1.29, 1.82) is 0 Å². The van der Waals surface area contributed by atoms with Crippen LogP contribution in [0, 0.1) is 12.3 Å². The van der Waals surface area contributed by atoms with E-state index in [1.54, 1.807) is 54.1 Å². The van der Waals surface area contributed by atoms with E-state index in [2.05, 4.69) is 69.2 Å². The van der Waals surface area contributed by atoms with Crippen LogP contribution < -0.4 is 26.4 Å². The second kappa shape index (κ2) is 24.3. The van der Waals surface area contributed by atoms with Crippen molar-refractivity contribution in [3.63, 3.8) is 0 Å². The topological polar surface area (TPSA) is 222 Å². The van der Waals surface area contributed by atoms with Gasteiger partial charge in [0.1, 0.15) is 23.1 Å². The van der Waals surface area contributed by atoms with Crippen molar-refractivity contribution in [2.24, 2.45) is 5.41 Å². The number of pyridine rings is 1. The molecule has 0 radical (unpaired) electrons. The van der Waals surface area contributed by atoms with Crippen molar-refractivity contribution in [2.75, 3.05) is 75.7 Å². The van der Waals surface area contributed by atoms with Crippen LogP contribution in [0.4, 0.5) is 17.3 Å². The number of thiazole rings is 1. The van der Waals surface area contributed by atoms with Gasteiger partial charge in [-0.05, 0) is 112 Å². The molecule has 3 amide bonds. The number of rotatable bonds is 17. The number of nitrogens with one attached hydrogen (secondary N) is 3. The largest absolute Gasteiger partial charge is 0.391 e. The van der Waals surface area contributed by atoms with Crippen molar-refractivity contribution >= 4 is 57.4 Å². The quantitative estimate of drug-likeness (QED) is 0.0720. The smallest absolute Gasteiger partial charge is 0.278 e. The van der Waals surface area contributed by atoms with Crippen LogP contribution in [-0.2, 0) is 33.1 Å². The van der Waals surface area contributed by atoms with Gasteiger partial charge in [-0.25, -0.2) is 24.3 Å². The highest BCUT2D eigenvalue weighted by Gasteiger charge is 2.45. The van der Waals surface area contributed by atoms with E-state index in [-0.39, 0.29) is 55.9 Å². The van der Waals surface area contributed by atoms with Crippen LogP contribution in [0.1, 0.15) is 83.7 Å². The van der Waals surface area contributed by atoms with Gasteiger partial charge < -0.3 is 40.9 Å². The number of fused-ring (bicyclic) bond motifs is 1. The van der Waals surface area contributed by atoms with Crippen LogP contribution in [0.25, 0.3) is 27.3 Å². The molecular weight excluding hydrogens is 1040 g/mol. The second-order valence-corrected chi connectivity index (χ2v) is 24.6. The molecule has 4 fully saturated rings. The summed E-state index contributed by atoms with van der Waals surface area (Å²) in [6.07, 6.45) is 6.70. The lowest BCUT2D eigenvalue weighted by atomic mass is 9.85. The summed E-state index contributed by atoms with van der Waals surface area (Å²) >= 11 is 1.59. The van der Waals surface area contributed by atoms with Crippen LogP contribution in [0.3, 0.4) is 0 Å². The van der Waals surface area contributed by atoms with Gasteiger partial charge in [0.25, 0.3) is 5.56 Å². The molecule has 3 atom stereocenters. The lowest BCUT2D eigenvalue weighted by Gasteiger charge is -2.46. The van der Waals surface area contributed by atoms with Gasteiger partial charge in [-0.15, -0.1) is 17.9 Å². The minimum atomic E-state index is -1.18. The molecular formula is C60H78N14O6S. The predicted molar refractivity (Wildman–Crippen MR) is 316 cm³/mol. The lowest BCUT2D eigenvalue weighted by Crippen LogP contribution is -2.59. The van der Waals surface area contributed by atoms with Gasteiger partial charge in [-0.1, -0.05) is 57.2 Å². The zero-order valence-electron chi connectivity index (χ0n) is 47.6. The molecule has 0 aliphatic carbocycles. The summed E-state index contributed by atoms with van der Waals surface area (Å²) in [6, 6.07) is 20.9. The Kier molecular flexibility index (Phi) is 17.2. The molecule has 10 rings (SSSR count). The molecule has 4 aliphatic rings. The molecule has 4 aliphatic heterocycles. The number of aliphatic hydroxyl groups excluding tert-OH is 1. The molecule has 8 heterocycles. The van der Waals surface area contributed by atoms with Crippen LogP contribution in [-0.4, -0.2) is 173 Å². The number of amides is 3. The Morgan fingerprint density at radius 3 is 2.17 bits per heavy atom. The number of carbonyl (C=O) groups is 3. The first kappa shape index (κ1) is 57.4. The number of carbonyl (C=O) groups excluding carboxylic acids is 3. The third-order valence-corrected chi connectivity index (χ3v) is 17.5. The van der Waals surface area contributed by atoms with Gasteiger partial charge >= 0.3 is 0 Å². The molecule has 0 unspecified atom stereocenters. The molecule has 20 nitrogen and oxygen atoms in total. The van der Waals surface area contributed by atoms with E-state index in [4.69, 9.17) is 4.98 Å². The first-order valence-electron chi connectivity index (χ1n) is 28.5. The average Bonchev–Trinajstić information content (AvgIpc) is 4.01. The van der Waals surface area contributed by atoms with Gasteiger partial charge in [0.15, 0.2) is 11.5 Å². The third kappa shape index (κ3) is 13.1. The van der Waals surface area contributed by atoms with E-state index in [0.717, 1.165) is 111 Å². The summed E-state index contributed by atoms with van der Waals surface area (Å²) in [5.74, 6) is -0.125. The maximum absolute atomic E-state index is 14.3. The second-order valence-electron chi connectivity index (χ2n) is 23.8. The summed E-state index contributed by atoms with van der Waals surface area (Å²) in [7, 11) is 0. The Balaban J connectivity index is 0.656. The molecule has 6 aromatic rings. The number of hydrogen-bond donors (Lipinski definition) is 5. The number of piperidine rings is 2. The molecule has 0 bridgehead atoms. The zero-order valence-corrected chi connectivity index (χ0v) is 48.4. The Bertz CT molecular complexity index is 3250. The number of β-amino-alcohol motifs (C(OH)–C–C–N with tert-alkyl or cyclic N) is 1. The Morgan fingerprint density at radius 1 is 0.852 bits per heavy atom. The fourth-order valence-corrected chi connectivity index (χ4v) is 12.8.